The molecule has 0 amide bonds. The fourth-order valence-electron chi connectivity index (χ4n) is 3.20. The predicted molar refractivity (Wildman–Crippen MR) is 71.3 cm³/mol. The van der Waals surface area contributed by atoms with Crippen molar-refractivity contribution in [1.29, 1.82) is 5.26 Å². The SMILES string of the molecule is CNC1(C#N)CCC(N(C)CC2CCCCO2)C1. The third-order valence-corrected chi connectivity index (χ3v) is 4.57. The molecule has 18 heavy (non-hydrogen) atoms. The zero-order chi connectivity index (χ0) is 13.0. The van der Waals surface area contributed by atoms with Gasteiger partial charge in [-0.2, -0.15) is 5.26 Å². The Balaban J connectivity index is 1.83. The van der Waals surface area contributed by atoms with Gasteiger partial charge in [0.2, 0.25) is 0 Å². The third-order valence-electron chi connectivity index (χ3n) is 4.57. The van der Waals surface area contributed by atoms with E-state index in [0.717, 1.165) is 32.4 Å². The highest BCUT2D eigenvalue weighted by Crippen LogP contribution is 2.32. The summed E-state index contributed by atoms with van der Waals surface area (Å²) in [5.41, 5.74) is -0.299. The maximum Gasteiger partial charge on any atom is 0.108 e. The lowest BCUT2D eigenvalue weighted by molar-refractivity contribution is -0.00800. The number of nitrogens with zero attached hydrogens (tertiary/aromatic N) is 2. The van der Waals surface area contributed by atoms with Gasteiger partial charge in [0.1, 0.15) is 5.54 Å². The van der Waals surface area contributed by atoms with Gasteiger partial charge in [-0.05, 0) is 52.6 Å². The largest absolute Gasteiger partial charge is 0.377 e. The van der Waals surface area contributed by atoms with Gasteiger partial charge in [-0.25, -0.2) is 0 Å². The van der Waals surface area contributed by atoms with E-state index in [4.69, 9.17) is 4.74 Å². The first-order chi connectivity index (χ1) is 8.69. The highest BCUT2D eigenvalue weighted by molar-refractivity contribution is 5.12. The fourth-order valence-corrected chi connectivity index (χ4v) is 3.20. The minimum Gasteiger partial charge on any atom is -0.377 e. The lowest BCUT2D eigenvalue weighted by Gasteiger charge is -2.31. The third kappa shape index (κ3) is 3.03. The molecule has 3 unspecified atom stereocenters. The summed E-state index contributed by atoms with van der Waals surface area (Å²) in [6.45, 7) is 1.93. The average Bonchev–Trinajstić information content (AvgIpc) is 2.85. The molecule has 1 heterocycles. The number of ether oxygens (including phenoxy) is 1. The molecule has 0 radical (unpaired) electrons. The number of likely N-dealkylation sites (N-methyl/N-ethyl adjacent to an activating group) is 1. The quantitative estimate of drug-likeness (QED) is 0.823. The average molecular weight is 251 g/mol. The monoisotopic (exact) mass is 251 g/mol. The van der Waals surface area contributed by atoms with Crippen LogP contribution in [0.25, 0.3) is 0 Å². The molecule has 1 N–H and O–H groups in total. The van der Waals surface area contributed by atoms with Gasteiger partial charge in [0, 0.05) is 19.2 Å². The first-order valence-electron chi connectivity index (χ1n) is 7.11. The van der Waals surface area contributed by atoms with Gasteiger partial charge in [-0.3, -0.25) is 0 Å². The normalized spacial score (nSPS) is 36.8. The van der Waals surface area contributed by atoms with Crippen molar-refractivity contribution < 1.29 is 4.74 Å². The minimum absolute atomic E-state index is 0.299. The molecule has 1 saturated carbocycles. The molecule has 4 heteroatoms. The molecule has 1 aliphatic carbocycles. The summed E-state index contributed by atoms with van der Waals surface area (Å²) in [6.07, 6.45) is 7.09. The number of rotatable bonds is 4. The van der Waals surface area contributed by atoms with Crippen molar-refractivity contribution in [3.8, 4) is 6.07 Å². The van der Waals surface area contributed by atoms with Crippen LogP contribution in [0.15, 0.2) is 0 Å². The second kappa shape index (κ2) is 6.01. The van der Waals surface area contributed by atoms with E-state index in [2.05, 4.69) is 23.3 Å². The maximum atomic E-state index is 9.28. The molecular formula is C14H25N3O. The van der Waals surface area contributed by atoms with Crippen molar-refractivity contribution >= 4 is 0 Å². The van der Waals surface area contributed by atoms with Crippen molar-refractivity contribution in [2.45, 2.75) is 56.2 Å². The van der Waals surface area contributed by atoms with Gasteiger partial charge in [-0.1, -0.05) is 0 Å². The van der Waals surface area contributed by atoms with Crippen LogP contribution in [0, 0.1) is 11.3 Å². The van der Waals surface area contributed by atoms with Gasteiger partial charge < -0.3 is 15.0 Å². The molecule has 0 aromatic rings. The Hall–Kier alpha value is -0.630. The molecule has 2 aliphatic rings. The zero-order valence-corrected chi connectivity index (χ0v) is 11.6. The van der Waals surface area contributed by atoms with E-state index < -0.39 is 0 Å². The van der Waals surface area contributed by atoms with Crippen LogP contribution in [0.4, 0.5) is 0 Å². The molecule has 2 rings (SSSR count). The van der Waals surface area contributed by atoms with E-state index in [1.807, 2.05) is 7.05 Å². The molecule has 4 nitrogen and oxygen atoms in total. The molecular weight excluding hydrogens is 226 g/mol. The van der Waals surface area contributed by atoms with Gasteiger partial charge in [0.25, 0.3) is 0 Å². The van der Waals surface area contributed by atoms with E-state index in [0.29, 0.717) is 12.1 Å². The van der Waals surface area contributed by atoms with E-state index >= 15 is 0 Å². The van der Waals surface area contributed by atoms with Crippen LogP contribution in [-0.2, 0) is 4.74 Å². The summed E-state index contributed by atoms with van der Waals surface area (Å²) < 4.78 is 5.79. The van der Waals surface area contributed by atoms with E-state index in [-0.39, 0.29) is 5.54 Å². The lowest BCUT2D eigenvalue weighted by atomic mass is 10.00. The maximum absolute atomic E-state index is 9.28. The predicted octanol–water partition coefficient (Wildman–Crippen LogP) is 1.52. The zero-order valence-electron chi connectivity index (χ0n) is 11.6. The second-order valence-electron chi connectivity index (χ2n) is 5.77. The summed E-state index contributed by atoms with van der Waals surface area (Å²) >= 11 is 0. The van der Waals surface area contributed by atoms with Crippen LogP contribution in [-0.4, -0.2) is 49.8 Å². The summed E-state index contributed by atoms with van der Waals surface area (Å²) in [5, 5.41) is 12.5. The van der Waals surface area contributed by atoms with Gasteiger partial charge in [-0.15, -0.1) is 0 Å². The first kappa shape index (κ1) is 13.8. The molecule has 0 aromatic heterocycles. The van der Waals surface area contributed by atoms with E-state index in [1.54, 1.807) is 0 Å². The van der Waals surface area contributed by atoms with Crippen molar-refractivity contribution in [3.05, 3.63) is 0 Å². The number of hydrogen-bond donors (Lipinski definition) is 1. The van der Waals surface area contributed by atoms with Gasteiger partial charge in [0.05, 0.1) is 12.2 Å². The van der Waals surface area contributed by atoms with Crippen LogP contribution in [0.1, 0.15) is 38.5 Å². The van der Waals surface area contributed by atoms with Gasteiger partial charge >= 0.3 is 0 Å². The Labute approximate surface area is 110 Å². The number of nitrogens with one attached hydrogen (secondary N) is 1. The van der Waals surface area contributed by atoms with Gasteiger partial charge in [0.15, 0.2) is 0 Å². The van der Waals surface area contributed by atoms with E-state index in [9.17, 15) is 5.26 Å². The Morgan fingerprint density at radius 1 is 1.44 bits per heavy atom. The van der Waals surface area contributed by atoms with Crippen LogP contribution >= 0.6 is 0 Å². The summed E-state index contributed by atoms with van der Waals surface area (Å²) in [6, 6.07) is 2.96. The Bertz CT molecular complexity index is 309. The standard InChI is InChI=1S/C14H25N3O/c1-16-14(11-15)7-6-12(9-14)17(2)10-13-5-3-4-8-18-13/h12-13,16H,3-10H2,1-2H3. The minimum atomic E-state index is -0.299. The molecule has 3 atom stereocenters. The van der Waals surface area contributed by atoms with Crippen LogP contribution in [0.5, 0.6) is 0 Å². The number of nitriles is 1. The molecule has 2 fully saturated rings. The van der Waals surface area contributed by atoms with Crippen LogP contribution in [0.3, 0.4) is 0 Å². The Kier molecular flexibility index (Phi) is 4.60. The molecule has 1 saturated heterocycles. The van der Waals surface area contributed by atoms with Crippen molar-refractivity contribution in [2.75, 3.05) is 27.2 Å². The topological polar surface area (TPSA) is 48.3 Å². The van der Waals surface area contributed by atoms with Crippen molar-refractivity contribution in [2.24, 2.45) is 0 Å². The molecule has 1 aliphatic heterocycles. The summed E-state index contributed by atoms with van der Waals surface area (Å²) in [5.74, 6) is 0. The number of hydrogen-bond acceptors (Lipinski definition) is 4. The lowest BCUT2D eigenvalue weighted by Crippen LogP contribution is -2.43. The van der Waals surface area contributed by atoms with Crippen LogP contribution in [0.2, 0.25) is 0 Å². The van der Waals surface area contributed by atoms with Crippen molar-refractivity contribution in [1.82, 2.24) is 10.2 Å². The highest BCUT2D eigenvalue weighted by Gasteiger charge is 2.40. The molecule has 0 aromatic carbocycles. The Morgan fingerprint density at radius 3 is 2.83 bits per heavy atom. The van der Waals surface area contributed by atoms with Crippen molar-refractivity contribution in [3.63, 3.8) is 0 Å². The molecule has 0 bridgehead atoms. The smallest absolute Gasteiger partial charge is 0.108 e. The highest BCUT2D eigenvalue weighted by atomic mass is 16.5. The first-order valence-corrected chi connectivity index (χ1v) is 7.11. The summed E-state index contributed by atoms with van der Waals surface area (Å²) in [4.78, 5) is 2.40. The fraction of sp³-hybridized carbons (Fsp3) is 0.929. The second-order valence-corrected chi connectivity index (χ2v) is 5.77. The molecule has 102 valence electrons. The summed E-state index contributed by atoms with van der Waals surface area (Å²) in [7, 11) is 4.07. The van der Waals surface area contributed by atoms with E-state index in [1.165, 1.54) is 19.3 Å². The molecule has 0 spiro atoms. The Morgan fingerprint density at radius 2 is 2.28 bits per heavy atom. The van der Waals surface area contributed by atoms with Crippen LogP contribution < -0.4 is 5.32 Å².